The molecule has 1 heteroatoms. The van der Waals surface area contributed by atoms with Crippen molar-refractivity contribution in [2.24, 2.45) is 17.8 Å². The van der Waals surface area contributed by atoms with Gasteiger partial charge in [-0.15, -0.1) is 0 Å². The van der Waals surface area contributed by atoms with Crippen LogP contribution in [0.4, 0.5) is 0 Å². The molecule has 3 unspecified atom stereocenters. The van der Waals surface area contributed by atoms with Gasteiger partial charge in [-0.25, -0.2) is 0 Å². The Morgan fingerprint density at radius 2 is 2.43 bits per heavy atom. The van der Waals surface area contributed by atoms with Crippen LogP contribution in [0.1, 0.15) is 28.1 Å². The lowest BCUT2D eigenvalue weighted by Gasteiger charge is -2.15. The van der Waals surface area contributed by atoms with E-state index in [1.165, 1.54) is 12.8 Å². The van der Waals surface area contributed by atoms with E-state index in [0.29, 0.717) is 6.04 Å². The molecule has 0 aliphatic heterocycles. The smallest absolute Gasteiger partial charge is 0.0322 e. The second kappa shape index (κ2) is 2.96. The number of allylic oxidation sites excluding steroid dienone is 2. The van der Waals surface area contributed by atoms with Crippen LogP contribution >= 0.6 is 0 Å². The zero-order valence-electron chi connectivity index (χ0n) is 9.09. The predicted octanol–water partition coefficient (Wildman–Crippen LogP) is 2.75. The highest BCUT2D eigenvalue weighted by Gasteiger charge is 2.50. The van der Waals surface area contributed by atoms with Gasteiger partial charge in [0.05, 0.1) is 0 Å². The number of nitrogens with one attached hydrogen (secondary N) is 1. The molecular formula is C13H21N. The van der Waals surface area contributed by atoms with Crippen LogP contribution < -0.4 is 5.32 Å². The zero-order valence-corrected chi connectivity index (χ0v) is 9.09. The number of hydrogen-bond acceptors (Lipinski definition) is 1. The fraction of sp³-hybridized carbons (Fsp3) is 0.692. The van der Waals surface area contributed by atoms with Gasteiger partial charge in [-0.1, -0.05) is 31.6 Å². The molecule has 3 aliphatic carbocycles. The summed E-state index contributed by atoms with van der Waals surface area (Å²) in [7, 11) is 0. The van der Waals surface area contributed by atoms with Gasteiger partial charge >= 0.3 is 0 Å². The van der Waals surface area contributed by atoms with Crippen LogP contribution in [0.15, 0.2) is 23.3 Å². The standard InChI is InChI=1S/C13H19N.H2/c1-3-14-12-7-6-11-10(12)5-4-9-8(2)13(9)11;/h4-5,8-9,12-14H,3,6-7H2,1-2H3;1H/t8?,9?,12-,13?;/m1./s1. The third kappa shape index (κ3) is 1.05. The molecule has 0 aromatic carbocycles. The first-order chi connectivity index (χ1) is 6.83. The Morgan fingerprint density at radius 1 is 1.57 bits per heavy atom. The van der Waals surface area contributed by atoms with Crippen molar-refractivity contribution in [1.82, 2.24) is 5.32 Å². The average Bonchev–Trinajstić information content (AvgIpc) is 2.70. The van der Waals surface area contributed by atoms with Gasteiger partial charge in [0.25, 0.3) is 0 Å². The van der Waals surface area contributed by atoms with Gasteiger partial charge in [0.1, 0.15) is 0 Å². The fourth-order valence-corrected chi connectivity index (χ4v) is 3.42. The van der Waals surface area contributed by atoms with Crippen LogP contribution in [0.2, 0.25) is 0 Å². The van der Waals surface area contributed by atoms with E-state index in [-0.39, 0.29) is 1.43 Å². The van der Waals surface area contributed by atoms with E-state index < -0.39 is 0 Å². The number of fused-ring (bicyclic) bond motifs is 2. The summed E-state index contributed by atoms with van der Waals surface area (Å²) in [5.74, 6) is 2.76. The highest BCUT2D eigenvalue weighted by Crippen LogP contribution is 2.57. The summed E-state index contributed by atoms with van der Waals surface area (Å²) in [5, 5.41) is 3.59. The maximum Gasteiger partial charge on any atom is 0.0322 e. The summed E-state index contributed by atoms with van der Waals surface area (Å²) >= 11 is 0. The van der Waals surface area contributed by atoms with Crippen molar-refractivity contribution >= 4 is 0 Å². The molecule has 1 nitrogen and oxygen atoms in total. The average molecular weight is 191 g/mol. The Bertz CT molecular complexity index is 318. The van der Waals surface area contributed by atoms with Crippen LogP contribution in [0.3, 0.4) is 0 Å². The van der Waals surface area contributed by atoms with Crippen LogP contribution in [-0.4, -0.2) is 12.6 Å². The molecule has 4 atom stereocenters. The molecule has 3 aliphatic rings. The van der Waals surface area contributed by atoms with Crippen LogP contribution in [-0.2, 0) is 0 Å². The first kappa shape index (κ1) is 8.72. The van der Waals surface area contributed by atoms with E-state index in [1.807, 2.05) is 0 Å². The molecule has 0 aromatic rings. The Hall–Kier alpha value is -0.560. The molecule has 0 saturated heterocycles. The number of rotatable bonds is 2. The third-order valence-corrected chi connectivity index (χ3v) is 4.25. The van der Waals surface area contributed by atoms with Crippen molar-refractivity contribution in [2.45, 2.75) is 32.7 Å². The summed E-state index contributed by atoms with van der Waals surface area (Å²) < 4.78 is 0. The summed E-state index contributed by atoms with van der Waals surface area (Å²) in [6.07, 6.45) is 7.53. The summed E-state index contributed by atoms with van der Waals surface area (Å²) in [6.45, 7) is 5.70. The number of hydrogen-bond donors (Lipinski definition) is 1. The second-order valence-corrected chi connectivity index (χ2v) is 4.95. The van der Waals surface area contributed by atoms with Gasteiger partial charge in [0.15, 0.2) is 0 Å². The van der Waals surface area contributed by atoms with E-state index in [9.17, 15) is 0 Å². The summed E-state index contributed by atoms with van der Waals surface area (Å²) in [5.41, 5.74) is 3.42. The van der Waals surface area contributed by atoms with Crippen molar-refractivity contribution < 1.29 is 1.43 Å². The lowest BCUT2D eigenvalue weighted by molar-refractivity contribution is 0.589. The lowest BCUT2D eigenvalue weighted by atomic mass is 9.98. The van der Waals surface area contributed by atoms with E-state index in [1.54, 1.807) is 11.1 Å². The topological polar surface area (TPSA) is 12.0 Å². The Kier molecular flexibility index (Phi) is 1.85. The minimum atomic E-state index is 0. The third-order valence-electron chi connectivity index (χ3n) is 4.25. The molecule has 3 rings (SSSR count). The Labute approximate surface area is 87.8 Å². The first-order valence-electron chi connectivity index (χ1n) is 5.97. The van der Waals surface area contributed by atoms with Gasteiger partial charge < -0.3 is 5.32 Å². The van der Waals surface area contributed by atoms with Crippen molar-refractivity contribution in [1.29, 1.82) is 0 Å². The molecule has 0 heterocycles. The van der Waals surface area contributed by atoms with Crippen molar-refractivity contribution in [3.8, 4) is 0 Å². The van der Waals surface area contributed by atoms with E-state index in [4.69, 9.17) is 0 Å². The molecule has 1 N–H and O–H groups in total. The SMILES string of the molecule is CCN[C@@H]1CCC2=C1C=CC1C(C)C21.[HH]. The first-order valence-corrected chi connectivity index (χ1v) is 5.97. The molecule has 0 bridgehead atoms. The summed E-state index contributed by atoms with van der Waals surface area (Å²) in [6, 6.07) is 0.667. The quantitative estimate of drug-likeness (QED) is 0.707. The summed E-state index contributed by atoms with van der Waals surface area (Å²) in [4.78, 5) is 0. The van der Waals surface area contributed by atoms with Crippen molar-refractivity contribution in [2.75, 3.05) is 6.54 Å². The van der Waals surface area contributed by atoms with Gasteiger partial charge in [-0.05, 0) is 42.7 Å². The van der Waals surface area contributed by atoms with Crippen LogP contribution in [0.25, 0.3) is 0 Å². The molecule has 0 aromatic heterocycles. The molecule has 1 fully saturated rings. The highest BCUT2D eigenvalue weighted by atomic mass is 14.9. The fourth-order valence-electron chi connectivity index (χ4n) is 3.42. The van der Waals surface area contributed by atoms with Crippen LogP contribution in [0, 0.1) is 17.8 Å². The highest BCUT2D eigenvalue weighted by molar-refractivity contribution is 5.45. The van der Waals surface area contributed by atoms with Gasteiger partial charge in [-0.3, -0.25) is 0 Å². The molecule has 0 amide bonds. The van der Waals surface area contributed by atoms with E-state index >= 15 is 0 Å². The molecular weight excluding hydrogens is 170 g/mol. The van der Waals surface area contributed by atoms with Crippen molar-refractivity contribution in [3.63, 3.8) is 0 Å². The lowest BCUT2D eigenvalue weighted by Crippen LogP contribution is -2.28. The molecule has 0 radical (unpaired) electrons. The maximum atomic E-state index is 3.59. The Balaban J connectivity index is 0.000000853. The molecule has 78 valence electrons. The Morgan fingerprint density at radius 3 is 3.21 bits per heavy atom. The van der Waals surface area contributed by atoms with E-state index in [0.717, 1.165) is 24.3 Å². The number of likely N-dealkylation sites (N-methyl/N-ethyl adjacent to an activating group) is 1. The monoisotopic (exact) mass is 191 g/mol. The van der Waals surface area contributed by atoms with Gasteiger partial charge in [-0.2, -0.15) is 0 Å². The maximum absolute atomic E-state index is 3.59. The largest absolute Gasteiger partial charge is 0.310 e. The molecule has 0 spiro atoms. The minimum Gasteiger partial charge on any atom is -0.310 e. The van der Waals surface area contributed by atoms with Gasteiger partial charge in [0, 0.05) is 7.47 Å². The normalized spacial score (nSPS) is 43.9. The predicted molar refractivity (Wildman–Crippen MR) is 61.1 cm³/mol. The molecule has 14 heavy (non-hydrogen) atoms. The van der Waals surface area contributed by atoms with E-state index in [2.05, 4.69) is 31.3 Å². The van der Waals surface area contributed by atoms with Crippen molar-refractivity contribution in [3.05, 3.63) is 23.3 Å². The minimum absolute atomic E-state index is 0. The second-order valence-electron chi connectivity index (χ2n) is 4.95. The molecule has 1 saturated carbocycles. The van der Waals surface area contributed by atoms with Gasteiger partial charge in [0.2, 0.25) is 0 Å². The zero-order chi connectivity index (χ0) is 9.71. The van der Waals surface area contributed by atoms with Crippen LogP contribution in [0.5, 0.6) is 0 Å².